The van der Waals surface area contributed by atoms with Gasteiger partial charge in [-0.3, -0.25) is 0 Å². The van der Waals surface area contributed by atoms with Gasteiger partial charge in [0.2, 0.25) is 0 Å². The minimum atomic E-state index is -0.458. The van der Waals surface area contributed by atoms with Crippen LogP contribution in [0.2, 0.25) is 0 Å². The van der Waals surface area contributed by atoms with E-state index in [1.165, 1.54) is 0 Å². The molecule has 0 bridgehead atoms. The third-order valence-electron chi connectivity index (χ3n) is 2.58. The fourth-order valence-electron chi connectivity index (χ4n) is 1.66. The molecule has 1 unspecified atom stereocenters. The van der Waals surface area contributed by atoms with Crippen molar-refractivity contribution < 1.29 is 19.3 Å². The van der Waals surface area contributed by atoms with E-state index in [2.05, 4.69) is 0 Å². The van der Waals surface area contributed by atoms with Crippen molar-refractivity contribution in [2.24, 2.45) is 0 Å². The van der Waals surface area contributed by atoms with Gasteiger partial charge < -0.3 is 19.3 Å². The summed E-state index contributed by atoms with van der Waals surface area (Å²) in [5, 5.41) is 9.80. The maximum Gasteiger partial charge on any atom is 0.162 e. The van der Waals surface area contributed by atoms with Gasteiger partial charge in [-0.15, -0.1) is 11.8 Å². The minimum Gasteiger partial charge on any atom is -0.486 e. The van der Waals surface area contributed by atoms with Crippen molar-refractivity contribution in [2.45, 2.75) is 31.0 Å². The van der Waals surface area contributed by atoms with Gasteiger partial charge in [-0.25, -0.2) is 0 Å². The number of ether oxygens (including phenoxy) is 3. The Balaban J connectivity index is 1.82. The quantitative estimate of drug-likeness (QED) is 0.813. The Kier molecular flexibility index (Phi) is 5.36. The van der Waals surface area contributed by atoms with Crippen molar-refractivity contribution >= 4 is 11.8 Å². The van der Waals surface area contributed by atoms with Gasteiger partial charge in [0.1, 0.15) is 13.2 Å². The average molecular weight is 284 g/mol. The number of hydrogen-bond acceptors (Lipinski definition) is 5. The fourth-order valence-corrected chi connectivity index (χ4v) is 2.49. The van der Waals surface area contributed by atoms with Gasteiger partial charge in [0.15, 0.2) is 11.5 Å². The Hall–Kier alpha value is -0.910. The molecule has 1 atom stereocenters. The molecule has 1 heterocycles. The maximum atomic E-state index is 9.80. The molecule has 0 aliphatic carbocycles. The van der Waals surface area contributed by atoms with Crippen molar-refractivity contribution in [3.05, 3.63) is 18.2 Å². The summed E-state index contributed by atoms with van der Waals surface area (Å²) < 4.78 is 16.4. The summed E-state index contributed by atoms with van der Waals surface area (Å²) in [7, 11) is 0. The van der Waals surface area contributed by atoms with Crippen molar-refractivity contribution in [1.82, 2.24) is 0 Å². The highest BCUT2D eigenvalue weighted by atomic mass is 32.2. The predicted octanol–water partition coefficient (Wildman–Crippen LogP) is 2.34. The molecule has 1 aliphatic heterocycles. The van der Waals surface area contributed by atoms with Crippen LogP contribution in [0.1, 0.15) is 13.8 Å². The molecule has 0 saturated carbocycles. The summed E-state index contributed by atoms with van der Waals surface area (Å²) in [4.78, 5) is 1.06. The molecule has 2 rings (SSSR count). The molecular weight excluding hydrogens is 264 g/mol. The number of aliphatic hydroxyl groups excluding tert-OH is 1. The van der Waals surface area contributed by atoms with E-state index in [0.717, 1.165) is 16.4 Å². The van der Waals surface area contributed by atoms with Gasteiger partial charge in [-0.05, 0) is 32.0 Å². The Labute approximate surface area is 118 Å². The third kappa shape index (κ3) is 4.60. The molecule has 106 valence electrons. The summed E-state index contributed by atoms with van der Waals surface area (Å²) in [5.74, 6) is 2.18. The lowest BCUT2D eigenvalue weighted by atomic mass is 10.3. The lowest BCUT2D eigenvalue weighted by Gasteiger charge is -2.19. The fraction of sp³-hybridized carbons (Fsp3) is 0.571. The van der Waals surface area contributed by atoms with Crippen LogP contribution in [0.25, 0.3) is 0 Å². The van der Waals surface area contributed by atoms with Crippen molar-refractivity contribution in [2.75, 3.05) is 25.6 Å². The van der Waals surface area contributed by atoms with E-state index in [1.54, 1.807) is 11.8 Å². The highest BCUT2D eigenvalue weighted by molar-refractivity contribution is 7.99. The summed E-state index contributed by atoms with van der Waals surface area (Å²) in [6.45, 7) is 5.48. The Morgan fingerprint density at radius 1 is 1.26 bits per heavy atom. The lowest BCUT2D eigenvalue weighted by molar-refractivity contribution is 0.0152. The van der Waals surface area contributed by atoms with E-state index >= 15 is 0 Å². The van der Waals surface area contributed by atoms with Gasteiger partial charge in [-0.2, -0.15) is 0 Å². The lowest BCUT2D eigenvalue weighted by Crippen LogP contribution is -2.20. The van der Waals surface area contributed by atoms with Crippen LogP contribution in [0.3, 0.4) is 0 Å². The van der Waals surface area contributed by atoms with Crippen LogP contribution < -0.4 is 9.47 Å². The molecule has 4 nitrogen and oxygen atoms in total. The highest BCUT2D eigenvalue weighted by Gasteiger charge is 2.13. The van der Waals surface area contributed by atoms with E-state index in [1.807, 2.05) is 32.0 Å². The highest BCUT2D eigenvalue weighted by Crippen LogP contribution is 2.34. The van der Waals surface area contributed by atoms with Crippen LogP contribution in [0.5, 0.6) is 11.5 Å². The zero-order valence-electron chi connectivity index (χ0n) is 11.3. The van der Waals surface area contributed by atoms with E-state index in [-0.39, 0.29) is 6.10 Å². The molecule has 5 heteroatoms. The largest absolute Gasteiger partial charge is 0.486 e. The van der Waals surface area contributed by atoms with E-state index < -0.39 is 6.10 Å². The molecule has 0 spiro atoms. The average Bonchev–Trinajstić information content (AvgIpc) is 2.42. The van der Waals surface area contributed by atoms with E-state index in [4.69, 9.17) is 14.2 Å². The second-order valence-electron chi connectivity index (χ2n) is 4.65. The van der Waals surface area contributed by atoms with Crippen molar-refractivity contribution in [3.63, 3.8) is 0 Å². The number of hydrogen-bond donors (Lipinski definition) is 1. The first-order valence-electron chi connectivity index (χ1n) is 6.47. The van der Waals surface area contributed by atoms with Crippen LogP contribution in [0, 0.1) is 0 Å². The van der Waals surface area contributed by atoms with Gasteiger partial charge in [0.25, 0.3) is 0 Å². The molecule has 0 radical (unpaired) electrons. The summed E-state index contributed by atoms with van der Waals surface area (Å²) >= 11 is 1.59. The summed E-state index contributed by atoms with van der Waals surface area (Å²) in [6, 6.07) is 5.84. The van der Waals surface area contributed by atoms with Crippen LogP contribution in [-0.2, 0) is 4.74 Å². The van der Waals surface area contributed by atoms with Gasteiger partial charge in [0.05, 0.1) is 18.8 Å². The molecule has 19 heavy (non-hydrogen) atoms. The topological polar surface area (TPSA) is 47.9 Å². The second-order valence-corrected chi connectivity index (χ2v) is 5.75. The van der Waals surface area contributed by atoms with Crippen molar-refractivity contribution in [3.8, 4) is 11.5 Å². The third-order valence-corrected chi connectivity index (χ3v) is 3.72. The van der Waals surface area contributed by atoms with Crippen molar-refractivity contribution in [1.29, 1.82) is 0 Å². The molecule has 1 aromatic rings. The normalized spacial score (nSPS) is 15.6. The molecule has 1 N–H and O–H groups in total. The molecule has 0 aromatic heterocycles. The Bertz CT molecular complexity index is 408. The van der Waals surface area contributed by atoms with Crippen LogP contribution in [0.4, 0.5) is 0 Å². The van der Waals surface area contributed by atoms with Crippen LogP contribution in [-0.4, -0.2) is 42.9 Å². The standard InChI is InChI=1S/C14H20O4S/c1-10(2)18-8-11(15)9-19-12-3-4-13-14(7-12)17-6-5-16-13/h3-4,7,10-11,15H,5-6,8-9H2,1-2H3. The SMILES string of the molecule is CC(C)OCC(O)CSc1ccc2c(c1)OCCO2. The summed E-state index contributed by atoms with van der Waals surface area (Å²) in [6.07, 6.45) is -0.311. The number of fused-ring (bicyclic) bond motifs is 1. The number of aliphatic hydroxyl groups is 1. The molecule has 1 aromatic carbocycles. The second kappa shape index (κ2) is 7.03. The predicted molar refractivity (Wildman–Crippen MR) is 75.3 cm³/mol. The van der Waals surface area contributed by atoms with Gasteiger partial charge >= 0.3 is 0 Å². The Morgan fingerprint density at radius 2 is 2.00 bits per heavy atom. The minimum absolute atomic E-state index is 0.147. The van der Waals surface area contributed by atoms with E-state index in [9.17, 15) is 5.11 Å². The van der Waals surface area contributed by atoms with Crippen LogP contribution >= 0.6 is 11.8 Å². The number of thioether (sulfide) groups is 1. The van der Waals surface area contributed by atoms with E-state index in [0.29, 0.717) is 25.6 Å². The smallest absolute Gasteiger partial charge is 0.162 e. The molecule has 0 fully saturated rings. The number of rotatable bonds is 6. The number of benzene rings is 1. The van der Waals surface area contributed by atoms with Gasteiger partial charge in [0, 0.05) is 10.6 Å². The molecule has 1 aliphatic rings. The summed E-state index contributed by atoms with van der Waals surface area (Å²) in [5.41, 5.74) is 0. The van der Waals surface area contributed by atoms with Crippen LogP contribution in [0.15, 0.2) is 23.1 Å². The zero-order chi connectivity index (χ0) is 13.7. The Morgan fingerprint density at radius 3 is 2.74 bits per heavy atom. The zero-order valence-corrected chi connectivity index (χ0v) is 12.1. The first kappa shape index (κ1) is 14.5. The maximum absolute atomic E-state index is 9.80. The molecule has 0 saturated heterocycles. The molecule has 0 amide bonds. The molecular formula is C14H20O4S. The first-order chi connectivity index (χ1) is 9.15. The monoisotopic (exact) mass is 284 g/mol. The first-order valence-corrected chi connectivity index (χ1v) is 7.46. The van der Waals surface area contributed by atoms with Gasteiger partial charge in [-0.1, -0.05) is 0 Å².